The number of carbonyl (C=O) groups excluding carboxylic acids is 1. The van der Waals surface area contributed by atoms with Gasteiger partial charge in [-0.05, 0) is 37.6 Å². The average molecular weight is 439 g/mol. The summed E-state index contributed by atoms with van der Waals surface area (Å²) in [6.07, 6.45) is 9.08. The van der Waals surface area contributed by atoms with E-state index in [1.165, 1.54) is 23.5 Å². The van der Waals surface area contributed by atoms with Gasteiger partial charge >= 0.3 is 0 Å². The van der Waals surface area contributed by atoms with Crippen LogP contribution < -0.4 is 10.8 Å². The number of nitrogens with one attached hydrogen (secondary N) is 4. The molecule has 9 nitrogen and oxygen atoms in total. The van der Waals surface area contributed by atoms with Gasteiger partial charge < -0.3 is 20.7 Å². The summed E-state index contributed by atoms with van der Waals surface area (Å²) in [5.41, 5.74) is 1.58. The Bertz CT molecular complexity index is 1110. The van der Waals surface area contributed by atoms with Crippen LogP contribution in [0.4, 0.5) is 4.39 Å². The molecule has 1 amide bonds. The first-order valence-electron chi connectivity index (χ1n) is 9.77. The van der Waals surface area contributed by atoms with Gasteiger partial charge in [-0.15, -0.1) is 0 Å². The molecule has 2 rings (SSSR count). The molecule has 0 aliphatic rings. The topological polar surface area (TPSA) is 142 Å². The Morgan fingerprint density at radius 1 is 1.47 bits per heavy atom. The van der Waals surface area contributed by atoms with Crippen LogP contribution in [0.2, 0.25) is 0 Å². The van der Waals surface area contributed by atoms with Gasteiger partial charge in [-0.25, -0.2) is 4.39 Å². The number of hydrogen-bond acceptors (Lipinski definition) is 7. The number of aryl methyl sites for hydroxylation is 1. The van der Waals surface area contributed by atoms with Crippen molar-refractivity contribution in [1.82, 2.24) is 19.8 Å². The second-order valence-electron chi connectivity index (χ2n) is 6.85. The Labute approximate surface area is 185 Å². The van der Waals surface area contributed by atoms with Crippen molar-refractivity contribution < 1.29 is 14.3 Å². The van der Waals surface area contributed by atoms with Gasteiger partial charge in [-0.3, -0.25) is 25.2 Å². The second kappa shape index (κ2) is 11.5. The molecular weight excluding hydrogens is 413 g/mol. The molecule has 5 N–H and O–H groups in total. The molecule has 2 heterocycles. The summed E-state index contributed by atoms with van der Waals surface area (Å²) in [7, 11) is 0. The van der Waals surface area contributed by atoms with E-state index in [0.717, 1.165) is 22.4 Å². The molecule has 0 aliphatic heterocycles. The molecule has 0 unspecified atom stereocenters. The first kappa shape index (κ1) is 24.4. The third kappa shape index (κ3) is 5.82. The molecule has 32 heavy (non-hydrogen) atoms. The van der Waals surface area contributed by atoms with E-state index in [4.69, 9.17) is 21.3 Å². The van der Waals surface area contributed by atoms with Crippen molar-refractivity contribution in [2.75, 3.05) is 13.2 Å². The average Bonchev–Trinajstić information content (AvgIpc) is 2.79. The molecule has 2 aromatic rings. The highest BCUT2D eigenvalue weighted by atomic mass is 19.1. The minimum absolute atomic E-state index is 0.114. The van der Waals surface area contributed by atoms with Crippen LogP contribution >= 0.6 is 0 Å². The highest BCUT2D eigenvalue weighted by Gasteiger charge is 2.19. The smallest absolute Gasteiger partial charge is 0.214 e. The molecule has 0 saturated carbocycles. The van der Waals surface area contributed by atoms with Crippen LogP contribution in [0.5, 0.6) is 0 Å². The number of halogens is 1. The molecule has 0 saturated heterocycles. The number of nitrogens with zero attached hydrogens (tertiary/aromatic N) is 3. The Kier molecular flexibility index (Phi) is 8.72. The monoisotopic (exact) mass is 439 g/mol. The van der Waals surface area contributed by atoms with Crippen molar-refractivity contribution in [3.8, 4) is 0 Å². The van der Waals surface area contributed by atoms with E-state index in [1.807, 2.05) is 13.0 Å². The third-order valence-corrected chi connectivity index (χ3v) is 4.70. The van der Waals surface area contributed by atoms with Crippen LogP contribution in [0, 0.1) is 29.0 Å². The maximum Gasteiger partial charge on any atom is 0.214 e. The molecule has 0 aliphatic carbocycles. The van der Waals surface area contributed by atoms with Crippen molar-refractivity contribution in [2.45, 2.75) is 19.9 Å². The van der Waals surface area contributed by atoms with Gasteiger partial charge in [0, 0.05) is 48.7 Å². The number of allylic oxidation sites excluding steroid dienone is 1. The van der Waals surface area contributed by atoms with E-state index < -0.39 is 17.3 Å². The highest BCUT2D eigenvalue weighted by Crippen LogP contribution is 2.13. The number of pyridine rings is 2. The van der Waals surface area contributed by atoms with Crippen LogP contribution in [0.3, 0.4) is 0 Å². The molecular formula is C22H26FN7O2. The van der Waals surface area contributed by atoms with Gasteiger partial charge in [0.15, 0.2) is 11.3 Å². The minimum Gasteiger partial charge on any atom is -0.395 e. The van der Waals surface area contributed by atoms with E-state index in [0.29, 0.717) is 17.7 Å². The highest BCUT2D eigenvalue weighted by molar-refractivity contribution is 6.08. The lowest BCUT2D eigenvalue weighted by Crippen LogP contribution is -2.42. The van der Waals surface area contributed by atoms with Crippen molar-refractivity contribution in [3.63, 3.8) is 0 Å². The van der Waals surface area contributed by atoms with Crippen LogP contribution in [0.25, 0.3) is 11.6 Å². The fraction of sp³-hybridized carbons (Fsp3) is 0.227. The predicted molar refractivity (Wildman–Crippen MR) is 121 cm³/mol. The van der Waals surface area contributed by atoms with Crippen molar-refractivity contribution in [3.05, 3.63) is 71.1 Å². The summed E-state index contributed by atoms with van der Waals surface area (Å²) in [5.74, 6) is -1.09. The van der Waals surface area contributed by atoms with Crippen molar-refractivity contribution >= 4 is 30.1 Å². The number of aliphatic hydroxyl groups excluding tert-OH is 1. The Balaban J connectivity index is 2.37. The Morgan fingerprint density at radius 2 is 2.22 bits per heavy atom. The number of hydrogen-bond donors (Lipinski definition) is 5. The largest absolute Gasteiger partial charge is 0.395 e. The van der Waals surface area contributed by atoms with Crippen LogP contribution in [-0.2, 0) is 4.79 Å². The zero-order valence-electron chi connectivity index (χ0n) is 17.8. The van der Waals surface area contributed by atoms with E-state index in [-0.39, 0.29) is 24.6 Å². The molecule has 1 atom stereocenters. The Hall–Kier alpha value is -3.92. The number of rotatable bonds is 10. The molecule has 0 fully saturated rings. The van der Waals surface area contributed by atoms with Gasteiger partial charge in [0.2, 0.25) is 6.41 Å². The van der Waals surface area contributed by atoms with Crippen molar-refractivity contribution in [1.29, 1.82) is 16.2 Å². The molecule has 0 bridgehead atoms. The van der Waals surface area contributed by atoms with Gasteiger partial charge in [-0.1, -0.05) is 6.07 Å². The molecule has 2 aromatic heterocycles. The third-order valence-electron chi connectivity index (χ3n) is 4.70. The van der Waals surface area contributed by atoms with E-state index in [9.17, 15) is 9.18 Å². The van der Waals surface area contributed by atoms with Crippen LogP contribution in [0.15, 0.2) is 43.0 Å². The first-order valence-corrected chi connectivity index (χ1v) is 9.77. The summed E-state index contributed by atoms with van der Waals surface area (Å²) in [5, 5.41) is 35.8. The molecule has 0 spiro atoms. The summed E-state index contributed by atoms with van der Waals surface area (Å²) in [6.45, 7) is 3.60. The summed E-state index contributed by atoms with van der Waals surface area (Å²) in [6, 6.07) is 3.95. The summed E-state index contributed by atoms with van der Waals surface area (Å²) < 4.78 is 15.5. The number of aromatic nitrogens is 2. The van der Waals surface area contributed by atoms with Gasteiger partial charge in [-0.2, -0.15) is 0 Å². The maximum atomic E-state index is 14.5. The minimum atomic E-state index is -0.883. The van der Waals surface area contributed by atoms with E-state index >= 15 is 0 Å². The zero-order chi connectivity index (χ0) is 23.7. The van der Waals surface area contributed by atoms with Crippen LogP contribution in [0.1, 0.15) is 23.7 Å². The zero-order valence-corrected chi connectivity index (χ0v) is 17.8. The number of carbonyl (C=O) groups is 1. The lowest BCUT2D eigenvalue weighted by molar-refractivity contribution is -0.116. The standard InChI is InChI=1S/C22H26FN7O2/c1-15-4-3-6-28-20(15)5-8-29(14-32)16(2)21(25)30-13-17(10-19(23)22(30)26)18(11-24)12-27-7-9-31/h3-6,8,10-14,16,24-27,31H,7,9H2,1-2H3/b8-5-,18-12+,24-11?,25-21?,26-22?/t16-/m1/s1. The SMILES string of the molecule is Cc1cccnc1/C=C\N(C=O)[C@H](C)C(=N)n1cc(/C(C=N)=C/NCCO)cc(F)c1=N. The van der Waals surface area contributed by atoms with Crippen LogP contribution in [-0.4, -0.2) is 57.2 Å². The number of aliphatic hydroxyl groups is 1. The first-order chi connectivity index (χ1) is 15.3. The molecule has 10 heteroatoms. The molecule has 168 valence electrons. The summed E-state index contributed by atoms with van der Waals surface area (Å²) in [4.78, 5) is 17.1. The van der Waals surface area contributed by atoms with Gasteiger partial charge in [0.25, 0.3) is 0 Å². The fourth-order valence-electron chi connectivity index (χ4n) is 2.79. The lowest BCUT2D eigenvalue weighted by Gasteiger charge is -2.24. The lowest BCUT2D eigenvalue weighted by atomic mass is 10.1. The quantitative estimate of drug-likeness (QED) is 0.166. The normalized spacial score (nSPS) is 12.4. The maximum absolute atomic E-state index is 14.5. The van der Waals surface area contributed by atoms with Gasteiger partial charge in [0.05, 0.1) is 18.3 Å². The summed E-state index contributed by atoms with van der Waals surface area (Å²) >= 11 is 0. The molecule has 0 aromatic carbocycles. The second-order valence-corrected chi connectivity index (χ2v) is 6.85. The number of amides is 1. The van der Waals surface area contributed by atoms with E-state index in [2.05, 4.69) is 10.3 Å². The van der Waals surface area contributed by atoms with Crippen molar-refractivity contribution in [2.24, 2.45) is 0 Å². The Morgan fingerprint density at radius 3 is 2.84 bits per heavy atom. The predicted octanol–water partition coefficient (Wildman–Crippen LogP) is 1.73. The molecule has 0 radical (unpaired) electrons. The fourth-order valence-corrected chi connectivity index (χ4v) is 2.79. The van der Waals surface area contributed by atoms with E-state index in [1.54, 1.807) is 25.3 Å². The van der Waals surface area contributed by atoms with Gasteiger partial charge in [0.1, 0.15) is 5.84 Å².